The van der Waals surface area contributed by atoms with E-state index in [4.69, 9.17) is 10.5 Å². The van der Waals surface area contributed by atoms with E-state index in [1.807, 2.05) is 4.72 Å². The SMILES string of the molecule is CC(C)C(=O)Nc1cc(C(C=NC2CCOCC2)=C(N)c2cccc(NS(=O)(=O)c3cc(F)ccc3F)c2F)ccn1. The quantitative estimate of drug-likeness (QED) is 0.297. The normalized spacial score (nSPS) is 15.1. The van der Waals surface area contributed by atoms with E-state index in [1.165, 1.54) is 24.5 Å². The van der Waals surface area contributed by atoms with Crippen molar-refractivity contribution in [2.24, 2.45) is 16.6 Å². The molecule has 222 valence electrons. The number of pyridine rings is 1. The lowest BCUT2D eigenvalue weighted by Crippen LogP contribution is -2.19. The molecule has 1 saturated heterocycles. The Morgan fingerprint density at radius 3 is 2.57 bits per heavy atom. The van der Waals surface area contributed by atoms with Crippen LogP contribution in [0.1, 0.15) is 37.8 Å². The number of benzene rings is 2. The summed E-state index contributed by atoms with van der Waals surface area (Å²) >= 11 is 0. The molecular formula is C29H30F3N5O4S. The number of nitrogens with two attached hydrogens (primary N) is 1. The fourth-order valence-electron chi connectivity index (χ4n) is 4.10. The first-order valence-electron chi connectivity index (χ1n) is 13.1. The highest BCUT2D eigenvalue weighted by atomic mass is 32.2. The summed E-state index contributed by atoms with van der Waals surface area (Å²) in [5, 5.41) is 2.71. The van der Waals surface area contributed by atoms with Crippen LogP contribution < -0.4 is 15.8 Å². The van der Waals surface area contributed by atoms with Gasteiger partial charge in [-0.05, 0) is 60.9 Å². The Balaban J connectivity index is 1.77. The van der Waals surface area contributed by atoms with Gasteiger partial charge >= 0.3 is 0 Å². The van der Waals surface area contributed by atoms with Crippen LogP contribution in [0.15, 0.2) is 64.6 Å². The summed E-state index contributed by atoms with van der Waals surface area (Å²) < 4.78 is 76.7. The molecule has 1 aromatic heterocycles. The number of rotatable bonds is 9. The Labute approximate surface area is 241 Å². The zero-order valence-corrected chi connectivity index (χ0v) is 23.7. The number of hydrogen-bond acceptors (Lipinski definition) is 7. The molecule has 2 aromatic carbocycles. The number of carbonyl (C=O) groups is 1. The van der Waals surface area contributed by atoms with E-state index in [9.17, 15) is 22.0 Å². The molecule has 0 bridgehead atoms. The molecule has 1 aliphatic heterocycles. The molecule has 0 atom stereocenters. The number of carbonyl (C=O) groups excluding carboxylic acids is 1. The van der Waals surface area contributed by atoms with Crippen molar-refractivity contribution in [2.75, 3.05) is 23.3 Å². The van der Waals surface area contributed by atoms with Crippen molar-refractivity contribution in [1.29, 1.82) is 0 Å². The molecule has 0 saturated carbocycles. The van der Waals surface area contributed by atoms with Crippen molar-refractivity contribution in [3.63, 3.8) is 0 Å². The van der Waals surface area contributed by atoms with Gasteiger partial charge in [0.2, 0.25) is 5.91 Å². The number of aliphatic imine (C=N–C) groups is 1. The molecule has 1 fully saturated rings. The molecule has 3 aromatic rings. The van der Waals surface area contributed by atoms with Crippen LogP contribution >= 0.6 is 0 Å². The van der Waals surface area contributed by atoms with E-state index in [0.29, 0.717) is 49.3 Å². The van der Waals surface area contributed by atoms with Crippen LogP contribution in [0.5, 0.6) is 0 Å². The summed E-state index contributed by atoms with van der Waals surface area (Å²) in [6, 6.07) is 8.87. The number of sulfonamides is 1. The predicted molar refractivity (Wildman–Crippen MR) is 155 cm³/mol. The van der Waals surface area contributed by atoms with Crippen molar-refractivity contribution in [3.05, 3.63) is 83.3 Å². The van der Waals surface area contributed by atoms with Gasteiger partial charge in [0.05, 0.1) is 17.4 Å². The Bertz CT molecular complexity index is 1640. The number of aromatic nitrogens is 1. The second-order valence-electron chi connectivity index (χ2n) is 9.87. The minimum absolute atomic E-state index is 0.0624. The molecule has 4 rings (SSSR count). The number of ether oxygens (including phenoxy) is 1. The molecule has 0 unspecified atom stereocenters. The molecule has 9 nitrogen and oxygen atoms in total. The maximum absolute atomic E-state index is 15.8. The third-order valence-corrected chi connectivity index (χ3v) is 7.84. The minimum Gasteiger partial charge on any atom is -0.398 e. The molecule has 2 heterocycles. The molecular weight excluding hydrogens is 571 g/mol. The van der Waals surface area contributed by atoms with E-state index in [-0.39, 0.29) is 34.9 Å². The van der Waals surface area contributed by atoms with Crippen molar-refractivity contribution >= 4 is 44.9 Å². The van der Waals surface area contributed by atoms with Gasteiger partial charge in [-0.15, -0.1) is 0 Å². The number of amides is 1. The maximum Gasteiger partial charge on any atom is 0.265 e. The predicted octanol–water partition coefficient (Wildman–Crippen LogP) is 4.97. The average Bonchev–Trinajstić information content (AvgIpc) is 2.96. The fourth-order valence-corrected chi connectivity index (χ4v) is 5.25. The van der Waals surface area contributed by atoms with Crippen LogP contribution in [0, 0.1) is 23.4 Å². The highest BCUT2D eigenvalue weighted by Crippen LogP contribution is 2.30. The number of nitrogens with one attached hydrogen (secondary N) is 2. The Kier molecular flexibility index (Phi) is 9.63. The molecule has 0 radical (unpaired) electrons. The van der Waals surface area contributed by atoms with Gasteiger partial charge in [-0.25, -0.2) is 26.6 Å². The van der Waals surface area contributed by atoms with Gasteiger partial charge in [-0.1, -0.05) is 19.9 Å². The van der Waals surface area contributed by atoms with Crippen LogP contribution in [0.2, 0.25) is 0 Å². The van der Waals surface area contributed by atoms with Crippen molar-refractivity contribution in [2.45, 2.75) is 37.6 Å². The molecule has 4 N–H and O–H groups in total. The largest absolute Gasteiger partial charge is 0.398 e. The summed E-state index contributed by atoms with van der Waals surface area (Å²) in [5.41, 5.74) is 6.47. The summed E-state index contributed by atoms with van der Waals surface area (Å²) in [6.07, 6.45) is 4.32. The van der Waals surface area contributed by atoms with E-state index in [0.717, 1.165) is 12.1 Å². The van der Waals surface area contributed by atoms with Gasteiger partial charge in [0.15, 0.2) is 5.82 Å². The smallest absolute Gasteiger partial charge is 0.265 e. The maximum atomic E-state index is 15.8. The molecule has 0 spiro atoms. The van der Waals surface area contributed by atoms with Crippen LogP contribution in [-0.2, 0) is 19.6 Å². The molecule has 0 aliphatic carbocycles. The summed E-state index contributed by atoms with van der Waals surface area (Å²) in [6.45, 7) is 4.55. The van der Waals surface area contributed by atoms with Gasteiger partial charge in [0.25, 0.3) is 10.0 Å². The highest BCUT2D eigenvalue weighted by Gasteiger charge is 2.23. The number of hydrogen-bond donors (Lipinski definition) is 3. The first kappa shape index (κ1) is 30.7. The Morgan fingerprint density at radius 1 is 1.12 bits per heavy atom. The summed E-state index contributed by atoms with van der Waals surface area (Å²) in [5.74, 6) is -3.54. The number of allylic oxidation sites excluding steroid dienone is 1. The van der Waals surface area contributed by atoms with Crippen LogP contribution in [0.25, 0.3) is 11.3 Å². The number of nitrogens with zero attached hydrogens (tertiary/aromatic N) is 2. The van der Waals surface area contributed by atoms with Gasteiger partial charge in [0.1, 0.15) is 22.3 Å². The first-order chi connectivity index (χ1) is 20.0. The van der Waals surface area contributed by atoms with Crippen molar-refractivity contribution in [1.82, 2.24) is 4.98 Å². The average molecular weight is 602 g/mol. The topological polar surface area (TPSA) is 136 Å². The van der Waals surface area contributed by atoms with Gasteiger partial charge in [-0.3, -0.25) is 14.5 Å². The zero-order chi connectivity index (χ0) is 30.4. The Hall–Kier alpha value is -4.23. The molecule has 13 heteroatoms. The van der Waals surface area contributed by atoms with E-state index >= 15 is 4.39 Å². The lowest BCUT2D eigenvalue weighted by atomic mass is 10.00. The van der Waals surface area contributed by atoms with Gasteiger partial charge < -0.3 is 15.8 Å². The number of halogens is 3. The first-order valence-corrected chi connectivity index (χ1v) is 14.6. The summed E-state index contributed by atoms with van der Waals surface area (Å²) in [7, 11) is -4.70. The van der Waals surface area contributed by atoms with Crippen LogP contribution in [-0.4, -0.2) is 44.8 Å². The van der Waals surface area contributed by atoms with Gasteiger partial charge in [-0.2, -0.15) is 0 Å². The lowest BCUT2D eigenvalue weighted by Gasteiger charge is -2.19. The monoisotopic (exact) mass is 601 g/mol. The Morgan fingerprint density at radius 2 is 1.86 bits per heavy atom. The van der Waals surface area contributed by atoms with E-state index in [2.05, 4.69) is 15.3 Å². The molecule has 42 heavy (non-hydrogen) atoms. The third-order valence-electron chi connectivity index (χ3n) is 6.46. The molecule has 1 aliphatic rings. The second kappa shape index (κ2) is 13.2. The minimum atomic E-state index is -4.70. The van der Waals surface area contributed by atoms with E-state index in [1.54, 1.807) is 26.0 Å². The van der Waals surface area contributed by atoms with Gasteiger partial charge in [0, 0.05) is 42.7 Å². The van der Waals surface area contributed by atoms with Crippen LogP contribution in [0.3, 0.4) is 0 Å². The fraction of sp³-hybridized carbons (Fsp3) is 0.276. The zero-order valence-electron chi connectivity index (χ0n) is 22.9. The van der Waals surface area contributed by atoms with E-state index < -0.39 is 38.1 Å². The third kappa shape index (κ3) is 7.34. The lowest BCUT2D eigenvalue weighted by molar-refractivity contribution is -0.118. The van der Waals surface area contributed by atoms with Crippen LogP contribution in [0.4, 0.5) is 24.7 Å². The summed E-state index contributed by atoms with van der Waals surface area (Å²) in [4.78, 5) is 20.1. The van der Waals surface area contributed by atoms with Crippen molar-refractivity contribution < 1.29 is 31.1 Å². The highest BCUT2D eigenvalue weighted by molar-refractivity contribution is 7.92. The van der Waals surface area contributed by atoms with Crippen molar-refractivity contribution in [3.8, 4) is 0 Å². The second-order valence-corrected chi connectivity index (χ2v) is 11.5. The number of anilines is 2. The molecule has 1 amide bonds. The standard InChI is InChI=1S/C29H30F3N5O4S/c1-17(2)29(38)36-26-14-18(8-11-34-26)22(16-35-20-9-12-41-13-10-20)28(33)21-4-3-5-24(27(21)32)37-42(39,40)25-15-19(30)6-7-23(25)31/h3-8,11,14-17,20,37H,9-10,12-13,33H2,1-2H3,(H,34,36,38).